The van der Waals surface area contributed by atoms with Crippen LogP contribution in [0.15, 0.2) is 23.1 Å². The van der Waals surface area contributed by atoms with Crippen molar-refractivity contribution in [1.82, 2.24) is 0 Å². The van der Waals surface area contributed by atoms with Crippen molar-refractivity contribution in [2.24, 2.45) is 5.14 Å². The Morgan fingerprint density at radius 3 is 2.53 bits per heavy atom. The number of benzene rings is 1. The van der Waals surface area contributed by atoms with Crippen LogP contribution in [0.4, 0.5) is 0 Å². The van der Waals surface area contributed by atoms with Crippen LogP contribution in [0, 0.1) is 0 Å². The molecule has 0 aromatic heterocycles. The van der Waals surface area contributed by atoms with Crippen molar-refractivity contribution in [2.45, 2.75) is 23.8 Å². The van der Waals surface area contributed by atoms with E-state index < -0.39 is 10.0 Å². The Hall–Kier alpha value is -0.780. The van der Waals surface area contributed by atoms with Crippen molar-refractivity contribution in [3.05, 3.63) is 23.2 Å². The van der Waals surface area contributed by atoms with Gasteiger partial charge in [0.1, 0.15) is 5.75 Å². The monoisotopic (exact) mass is 247 g/mol. The zero-order valence-corrected chi connectivity index (χ0v) is 9.38. The zero-order chi connectivity index (χ0) is 11.1. The molecule has 0 unspecified atom stereocenters. The molecule has 15 heavy (non-hydrogen) atoms. The summed E-state index contributed by atoms with van der Waals surface area (Å²) >= 11 is 5.76. The quantitative estimate of drug-likeness (QED) is 0.881. The number of primary sulfonamides is 1. The van der Waals surface area contributed by atoms with Crippen LogP contribution in [-0.4, -0.2) is 14.5 Å². The molecule has 6 heteroatoms. The molecule has 2 N–H and O–H groups in total. The third kappa shape index (κ3) is 2.84. The van der Waals surface area contributed by atoms with Crippen molar-refractivity contribution in [2.75, 3.05) is 0 Å². The van der Waals surface area contributed by atoms with Crippen LogP contribution in [0.3, 0.4) is 0 Å². The summed E-state index contributed by atoms with van der Waals surface area (Å²) in [4.78, 5) is -0.0225. The first-order valence-electron chi connectivity index (χ1n) is 4.45. The van der Waals surface area contributed by atoms with E-state index in [1.807, 2.05) is 0 Å². The van der Waals surface area contributed by atoms with E-state index in [-0.39, 0.29) is 11.0 Å². The predicted octanol–water partition coefficient (Wildman–Crippen LogP) is 1.53. The van der Waals surface area contributed by atoms with Crippen LogP contribution in [0.1, 0.15) is 12.8 Å². The molecule has 1 saturated carbocycles. The van der Waals surface area contributed by atoms with Crippen LogP contribution >= 0.6 is 11.6 Å². The lowest BCUT2D eigenvalue weighted by Crippen LogP contribution is -2.12. The van der Waals surface area contributed by atoms with E-state index in [1.165, 1.54) is 12.1 Å². The maximum atomic E-state index is 11.1. The van der Waals surface area contributed by atoms with E-state index in [0.29, 0.717) is 10.8 Å². The summed E-state index contributed by atoms with van der Waals surface area (Å²) < 4.78 is 27.6. The summed E-state index contributed by atoms with van der Waals surface area (Å²) in [5, 5.41) is 5.30. The standard InChI is InChI=1S/C9H10ClNO3S/c10-6-3-8(14-7-1-2-7)5-9(4-6)15(11,12)13/h3-5,7H,1-2H2,(H2,11,12,13). The first-order valence-corrected chi connectivity index (χ1v) is 6.37. The first-order chi connectivity index (χ1) is 6.95. The number of hydrogen-bond acceptors (Lipinski definition) is 3. The zero-order valence-electron chi connectivity index (χ0n) is 7.81. The van der Waals surface area contributed by atoms with Gasteiger partial charge in [-0.1, -0.05) is 11.6 Å². The first kappa shape index (κ1) is 10.7. The smallest absolute Gasteiger partial charge is 0.238 e. The van der Waals surface area contributed by atoms with Crippen LogP contribution in [-0.2, 0) is 10.0 Å². The van der Waals surface area contributed by atoms with Gasteiger partial charge >= 0.3 is 0 Å². The lowest BCUT2D eigenvalue weighted by atomic mass is 10.3. The Morgan fingerprint density at radius 2 is 2.00 bits per heavy atom. The van der Waals surface area contributed by atoms with Crippen molar-refractivity contribution >= 4 is 21.6 Å². The fraction of sp³-hybridized carbons (Fsp3) is 0.333. The average Bonchev–Trinajstić information content (AvgIpc) is 2.85. The summed E-state index contributed by atoms with van der Waals surface area (Å²) in [6, 6.07) is 4.27. The third-order valence-corrected chi connectivity index (χ3v) is 3.11. The molecule has 0 saturated heterocycles. The van der Waals surface area contributed by atoms with E-state index in [1.54, 1.807) is 6.07 Å². The summed E-state index contributed by atoms with van der Waals surface area (Å²) in [5.74, 6) is 0.453. The number of nitrogens with two attached hydrogens (primary N) is 1. The molecule has 82 valence electrons. The molecular weight excluding hydrogens is 238 g/mol. The van der Waals surface area contributed by atoms with E-state index in [4.69, 9.17) is 21.5 Å². The highest BCUT2D eigenvalue weighted by Crippen LogP contribution is 2.30. The molecule has 0 amide bonds. The molecule has 4 nitrogen and oxygen atoms in total. The third-order valence-electron chi connectivity index (χ3n) is 2.00. The highest BCUT2D eigenvalue weighted by Gasteiger charge is 2.24. The number of rotatable bonds is 3. The molecule has 2 rings (SSSR count). The summed E-state index contributed by atoms with van der Waals surface area (Å²) in [6.45, 7) is 0. The Labute approximate surface area is 93.0 Å². The summed E-state index contributed by atoms with van der Waals surface area (Å²) in [7, 11) is -3.73. The van der Waals surface area contributed by atoms with Gasteiger partial charge in [-0.25, -0.2) is 13.6 Å². The SMILES string of the molecule is NS(=O)(=O)c1cc(Cl)cc(OC2CC2)c1. The molecule has 0 heterocycles. The molecule has 0 spiro atoms. The highest BCUT2D eigenvalue weighted by atomic mass is 35.5. The summed E-state index contributed by atoms with van der Waals surface area (Å²) in [6.07, 6.45) is 2.19. The van der Waals surface area contributed by atoms with E-state index in [9.17, 15) is 8.42 Å². The minimum atomic E-state index is -3.73. The van der Waals surface area contributed by atoms with Gasteiger partial charge in [0.25, 0.3) is 0 Å². The second-order valence-corrected chi connectivity index (χ2v) is 5.48. The highest BCUT2D eigenvalue weighted by molar-refractivity contribution is 7.89. The number of halogens is 1. The van der Waals surface area contributed by atoms with Crippen LogP contribution in [0.2, 0.25) is 5.02 Å². The van der Waals surface area contributed by atoms with Gasteiger partial charge in [0.05, 0.1) is 11.0 Å². The Morgan fingerprint density at radius 1 is 1.33 bits per heavy atom. The molecule has 1 aliphatic carbocycles. The molecule has 0 aliphatic heterocycles. The maximum absolute atomic E-state index is 11.1. The van der Waals surface area contributed by atoms with E-state index >= 15 is 0 Å². The van der Waals surface area contributed by atoms with Gasteiger partial charge in [0.15, 0.2) is 0 Å². The van der Waals surface area contributed by atoms with Gasteiger partial charge in [-0.15, -0.1) is 0 Å². The van der Waals surface area contributed by atoms with Gasteiger partial charge < -0.3 is 4.74 Å². The van der Waals surface area contributed by atoms with Gasteiger partial charge in [-0.3, -0.25) is 0 Å². The summed E-state index contributed by atoms with van der Waals surface area (Å²) in [5.41, 5.74) is 0. The van der Waals surface area contributed by atoms with Crippen molar-refractivity contribution in [1.29, 1.82) is 0 Å². The Bertz CT molecular complexity index is 482. The van der Waals surface area contributed by atoms with Crippen LogP contribution in [0.5, 0.6) is 5.75 Å². The molecule has 1 aromatic rings. The second kappa shape index (κ2) is 3.66. The number of ether oxygens (including phenoxy) is 1. The van der Waals surface area contributed by atoms with Gasteiger partial charge in [-0.2, -0.15) is 0 Å². The number of sulfonamides is 1. The van der Waals surface area contributed by atoms with Gasteiger partial charge in [-0.05, 0) is 25.0 Å². The van der Waals surface area contributed by atoms with Gasteiger partial charge in [0, 0.05) is 11.1 Å². The fourth-order valence-corrected chi connectivity index (χ4v) is 2.01. The minimum absolute atomic E-state index is 0.0225. The van der Waals surface area contributed by atoms with E-state index in [2.05, 4.69) is 0 Å². The normalized spacial score (nSPS) is 16.4. The number of hydrogen-bond donors (Lipinski definition) is 1. The molecule has 1 aromatic carbocycles. The van der Waals surface area contributed by atoms with E-state index in [0.717, 1.165) is 12.8 Å². The van der Waals surface area contributed by atoms with Crippen molar-refractivity contribution < 1.29 is 13.2 Å². The lowest BCUT2D eigenvalue weighted by Gasteiger charge is -2.06. The maximum Gasteiger partial charge on any atom is 0.238 e. The van der Waals surface area contributed by atoms with Crippen molar-refractivity contribution in [3.8, 4) is 5.75 Å². The van der Waals surface area contributed by atoms with Gasteiger partial charge in [0.2, 0.25) is 10.0 Å². The molecule has 1 fully saturated rings. The lowest BCUT2D eigenvalue weighted by molar-refractivity contribution is 0.302. The predicted molar refractivity (Wildman–Crippen MR) is 56.5 cm³/mol. The molecule has 0 radical (unpaired) electrons. The molecule has 1 aliphatic rings. The fourth-order valence-electron chi connectivity index (χ4n) is 1.15. The van der Waals surface area contributed by atoms with Crippen LogP contribution < -0.4 is 9.88 Å². The second-order valence-electron chi connectivity index (χ2n) is 3.48. The largest absolute Gasteiger partial charge is 0.490 e. The topological polar surface area (TPSA) is 69.4 Å². The Balaban J connectivity index is 2.35. The van der Waals surface area contributed by atoms with Crippen molar-refractivity contribution in [3.63, 3.8) is 0 Å². The molecule has 0 atom stereocenters. The average molecular weight is 248 g/mol. The van der Waals surface area contributed by atoms with Crippen LogP contribution in [0.25, 0.3) is 0 Å². The molecular formula is C9H10ClNO3S. The molecule has 0 bridgehead atoms. The Kier molecular flexibility index (Phi) is 2.62. The minimum Gasteiger partial charge on any atom is -0.490 e.